The second-order valence-corrected chi connectivity index (χ2v) is 6.47. The normalized spacial score (nSPS) is 20.4. The van der Waals surface area contributed by atoms with Crippen LogP contribution in [0.1, 0.15) is 19.2 Å². The van der Waals surface area contributed by atoms with Crippen molar-refractivity contribution >= 4 is 23.2 Å². The first-order valence-electron chi connectivity index (χ1n) is 8.45. The first-order chi connectivity index (χ1) is 12.1. The van der Waals surface area contributed by atoms with Crippen molar-refractivity contribution in [2.24, 2.45) is 0 Å². The highest BCUT2D eigenvalue weighted by Crippen LogP contribution is 2.29. The number of anilines is 2. The van der Waals surface area contributed by atoms with E-state index in [1.165, 1.54) is 0 Å². The van der Waals surface area contributed by atoms with Gasteiger partial charge in [0.1, 0.15) is 18.7 Å². The molecule has 0 saturated carbocycles. The molecule has 130 valence electrons. The molecule has 0 aliphatic carbocycles. The van der Waals surface area contributed by atoms with Crippen molar-refractivity contribution in [3.8, 4) is 0 Å². The quantitative estimate of drug-likeness (QED) is 0.852. The van der Waals surface area contributed by atoms with Crippen LogP contribution in [-0.2, 0) is 22.6 Å². The van der Waals surface area contributed by atoms with Crippen LogP contribution in [0, 0.1) is 0 Å². The summed E-state index contributed by atoms with van der Waals surface area (Å²) in [6, 6.07) is 7.12. The molecule has 8 nitrogen and oxygen atoms in total. The van der Waals surface area contributed by atoms with Gasteiger partial charge >= 0.3 is 0 Å². The van der Waals surface area contributed by atoms with Crippen molar-refractivity contribution in [1.82, 2.24) is 20.1 Å². The number of aryl methyl sites for hydroxylation is 1. The first kappa shape index (κ1) is 15.8. The Morgan fingerprint density at radius 1 is 1.40 bits per heavy atom. The molecular formula is C17H20N6O2. The zero-order valence-electron chi connectivity index (χ0n) is 14.0. The second kappa shape index (κ2) is 6.29. The molecule has 2 aliphatic heterocycles. The minimum absolute atomic E-state index is 0.0414. The number of para-hydroxylation sites is 2. The number of carbonyl (C=O) groups is 2. The van der Waals surface area contributed by atoms with Crippen LogP contribution in [0.5, 0.6) is 0 Å². The number of nitrogens with one attached hydrogen (secondary N) is 2. The van der Waals surface area contributed by atoms with Gasteiger partial charge in [0.2, 0.25) is 11.8 Å². The highest BCUT2D eigenvalue weighted by molar-refractivity contribution is 6.11. The van der Waals surface area contributed by atoms with Gasteiger partial charge in [-0.3, -0.25) is 14.5 Å². The Morgan fingerprint density at radius 2 is 2.24 bits per heavy atom. The minimum Gasteiger partial charge on any atom is -0.323 e. The predicted molar refractivity (Wildman–Crippen MR) is 92.2 cm³/mol. The fourth-order valence-corrected chi connectivity index (χ4v) is 3.46. The van der Waals surface area contributed by atoms with Crippen molar-refractivity contribution in [2.75, 3.05) is 16.8 Å². The van der Waals surface area contributed by atoms with Gasteiger partial charge in [-0.1, -0.05) is 12.1 Å². The van der Waals surface area contributed by atoms with E-state index < -0.39 is 6.04 Å². The van der Waals surface area contributed by atoms with Crippen molar-refractivity contribution in [2.45, 2.75) is 38.4 Å². The Bertz CT molecular complexity index is 817. The molecule has 2 aliphatic rings. The smallest absolute Gasteiger partial charge is 0.244 e. The molecular weight excluding hydrogens is 320 g/mol. The van der Waals surface area contributed by atoms with E-state index in [9.17, 15) is 9.59 Å². The lowest BCUT2D eigenvalue weighted by Crippen LogP contribution is -2.53. The zero-order chi connectivity index (χ0) is 17.4. The van der Waals surface area contributed by atoms with Gasteiger partial charge in [-0.05, 0) is 25.5 Å². The maximum Gasteiger partial charge on any atom is 0.244 e. The van der Waals surface area contributed by atoms with Crippen LogP contribution in [0.2, 0.25) is 0 Å². The molecule has 25 heavy (non-hydrogen) atoms. The molecule has 2 amide bonds. The summed E-state index contributed by atoms with van der Waals surface area (Å²) in [7, 11) is 0. The van der Waals surface area contributed by atoms with Gasteiger partial charge in [0, 0.05) is 12.5 Å². The summed E-state index contributed by atoms with van der Waals surface area (Å²) in [5.74, 6) is 0.703. The number of rotatable bonds is 3. The molecule has 2 aromatic rings. The van der Waals surface area contributed by atoms with E-state index in [0.29, 0.717) is 12.2 Å². The SMILES string of the molecule is C[C@@H](N[C@@H]1CCc2ncnn2C1)C(=O)N1CC(=O)Nc2ccccc21. The Labute approximate surface area is 145 Å². The van der Waals surface area contributed by atoms with Gasteiger partial charge in [0.25, 0.3) is 0 Å². The molecule has 2 atom stereocenters. The van der Waals surface area contributed by atoms with Gasteiger partial charge in [0.05, 0.1) is 24.0 Å². The molecule has 1 aromatic carbocycles. The first-order valence-corrected chi connectivity index (χ1v) is 8.45. The monoisotopic (exact) mass is 340 g/mol. The molecule has 0 bridgehead atoms. The van der Waals surface area contributed by atoms with Gasteiger partial charge in [-0.15, -0.1) is 0 Å². The number of fused-ring (bicyclic) bond motifs is 2. The van der Waals surface area contributed by atoms with Crippen LogP contribution in [0.15, 0.2) is 30.6 Å². The lowest BCUT2D eigenvalue weighted by Gasteiger charge is -2.33. The van der Waals surface area contributed by atoms with Gasteiger partial charge in [-0.25, -0.2) is 9.67 Å². The van der Waals surface area contributed by atoms with Crippen LogP contribution in [0.25, 0.3) is 0 Å². The summed E-state index contributed by atoms with van der Waals surface area (Å²) >= 11 is 0. The summed E-state index contributed by atoms with van der Waals surface area (Å²) in [5, 5.41) is 10.4. The van der Waals surface area contributed by atoms with E-state index in [4.69, 9.17) is 0 Å². The summed E-state index contributed by atoms with van der Waals surface area (Å²) in [4.78, 5) is 30.6. The number of amides is 2. The number of nitrogens with zero attached hydrogens (tertiary/aromatic N) is 4. The lowest BCUT2D eigenvalue weighted by molar-refractivity contribution is -0.123. The number of hydrogen-bond donors (Lipinski definition) is 2. The van der Waals surface area contributed by atoms with Gasteiger partial charge in [0.15, 0.2) is 0 Å². The maximum atomic E-state index is 12.9. The number of aromatic nitrogens is 3. The summed E-state index contributed by atoms with van der Waals surface area (Å²) in [5.41, 5.74) is 1.41. The number of hydrogen-bond acceptors (Lipinski definition) is 5. The third-order valence-corrected chi connectivity index (χ3v) is 4.70. The molecule has 3 heterocycles. The third-order valence-electron chi connectivity index (χ3n) is 4.70. The Hall–Kier alpha value is -2.74. The van der Waals surface area contributed by atoms with Crippen LogP contribution in [0.3, 0.4) is 0 Å². The topological polar surface area (TPSA) is 92.2 Å². The highest BCUT2D eigenvalue weighted by atomic mass is 16.2. The van der Waals surface area contributed by atoms with Crippen molar-refractivity contribution < 1.29 is 9.59 Å². The maximum absolute atomic E-state index is 12.9. The lowest BCUT2D eigenvalue weighted by atomic mass is 10.1. The van der Waals surface area contributed by atoms with Crippen molar-refractivity contribution in [3.63, 3.8) is 0 Å². The van der Waals surface area contributed by atoms with Crippen LogP contribution in [0.4, 0.5) is 11.4 Å². The van der Waals surface area contributed by atoms with E-state index >= 15 is 0 Å². The molecule has 0 unspecified atom stereocenters. The Balaban J connectivity index is 1.47. The number of carbonyl (C=O) groups excluding carboxylic acids is 2. The molecule has 0 radical (unpaired) electrons. The summed E-state index contributed by atoms with van der Waals surface area (Å²) < 4.78 is 1.88. The third kappa shape index (κ3) is 3.00. The van der Waals surface area contributed by atoms with E-state index in [2.05, 4.69) is 20.7 Å². The van der Waals surface area contributed by atoms with Crippen molar-refractivity contribution in [3.05, 3.63) is 36.4 Å². The van der Waals surface area contributed by atoms with Crippen LogP contribution < -0.4 is 15.5 Å². The molecule has 0 fully saturated rings. The average molecular weight is 340 g/mol. The fourth-order valence-electron chi connectivity index (χ4n) is 3.46. The zero-order valence-corrected chi connectivity index (χ0v) is 14.0. The van der Waals surface area contributed by atoms with Crippen molar-refractivity contribution in [1.29, 1.82) is 0 Å². The molecule has 8 heteroatoms. The minimum atomic E-state index is -0.394. The Morgan fingerprint density at radius 3 is 3.12 bits per heavy atom. The van der Waals surface area contributed by atoms with E-state index in [0.717, 1.165) is 24.4 Å². The molecule has 4 rings (SSSR count). The molecule has 1 aromatic heterocycles. The van der Waals surface area contributed by atoms with E-state index in [-0.39, 0.29) is 24.4 Å². The molecule has 2 N–H and O–H groups in total. The number of benzene rings is 1. The Kier molecular flexibility index (Phi) is 3.96. The highest BCUT2D eigenvalue weighted by Gasteiger charge is 2.31. The van der Waals surface area contributed by atoms with Crippen LogP contribution >= 0.6 is 0 Å². The van der Waals surface area contributed by atoms with Crippen LogP contribution in [-0.4, -0.2) is 45.2 Å². The van der Waals surface area contributed by atoms with Gasteiger partial charge in [-0.2, -0.15) is 5.10 Å². The fraction of sp³-hybridized carbons (Fsp3) is 0.412. The average Bonchev–Trinajstić information content (AvgIpc) is 3.08. The standard InChI is InChI=1S/C17H20N6O2/c1-11(20-12-6-7-15-18-10-19-23(15)8-12)17(25)22-9-16(24)21-13-4-2-3-5-14(13)22/h2-5,10-12,20H,6-9H2,1H3,(H,21,24)/t11-,12-/m1/s1. The van der Waals surface area contributed by atoms with E-state index in [1.54, 1.807) is 17.3 Å². The summed E-state index contributed by atoms with van der Waals surface area (Å²) in [6.45, 7) is 2.58. The molecule has 0 spiro atoms. The summed E-state index contributed by atoms with van der Waals surface area (Å²) in [6.07, 6.45) is 3.32. The van der Waals surface area contributed by atoms with E-state index in [1.807, 2.05) is 29.8 Å². The predicted octanol–water partition coefficient (Wildman–Crippen LogP) is 0.556. The largest absolute Gasteiger partial charge is 0.323 e. The van der Waals surface area contributed by atoms with Gasteiger partial charge < -0.3 is 10.6 Å². The second-order valence-electron chi connectivity index (χ2n) is 6.47. The molecule has 0 saturated heterocycles.